The first-order chi connectivity index (χ1) is 15.8. The summed E-state index contributed by atoms with van der Waals surface area (Å²) in [6.45, 7) is -0.184. The number of benzene rings is 2. The Bertz CT molecular complexity index is 1250. The molecule has 9 heteroatoms. The summed E-state index contributed by atoms with van der Waals surface area (Å²) in [7, 11) is 0. The third kappa shape index (κ3) is 3.59. The van der Waals surface area contributed by atoms with Crippen molar-refractivity contribution in [3.05, 3.63) is 69.5 Å². The standard InChI is InChI=1S/C24H20FN3O5/c25-21-14(10-26-22(31)13-2-1-12-4-7-19(29)16(12)9-13)3-5-15-17(21)11-28(24(15)33)18-6-8-20(30)27-23(18)32/h1-3,5,9,18H,4,6-8,10-11H2,(H,26,31)(H,27,30,32). The molecule has 1 unspecified atom stereocenters. The molecule has 0 aromatic heterocycles. The van der Waals surface area contributed by atoms with Crippen molar-refractivity contribution in [1.82, 2.24) is 15.5 Å². The summed E-state index contributed by atoms with van der Waals surface area (Å²) in [5, 5.41) is 4.87. The van der Waals surface area contributed by atoms with Gasteiger partial charge in [-0.15, -0.1) is 0 Å². The number of nitrogens with one attached hydrogen (secondary N) is 2. The number of hydrogen-bond donors (Lipinski definition) is 2. The topological polar surface area (TPSA) is 113 Å². The SMILES string of the molecule is O=C1CCC(N2Cc3c(ccc(CNC(=O)c4ccc5c(c4)C(=O)CC5)c3F)C2=O)C(=O)N1. The van der Waals surface area contributed by atoms with Crippen molar-refractivity contribution in [1.29, 1.82) is 0 Å². The Morgan fingerprint density at radius 1 is 1.06 bits per heavy atom. The predicted octanol–water partition coefficient (Wildman–Crippen LogP) is 1.65. The number of nitrogens with zero attached hydrogens (tertiary/aromatic N) is 1. The molecule has 5 rings (SSSR count). The first-order valence-electron chi connectivity index (χ1n) is 10.7. The maximum atomic E-state index is 15.2. The van der Waals surface area contributed by atoms with Gasteiger partial charge < -0.3 is 10.2 Å². The highest BCUT2D eigenvalue weighted by Gasteiger charge is 2.40. The normalized spacial score (nSPS) is 19.4. The van der Waals surface area contributed by atoms with Crippen LogP contribution in [0.5, 0.6) is 0 Å². The van der Waals surface area contributed by atoms with Gasteiger partial charge in [-0.05, 0) is 36.6 Å². The summed E-state index contributed by atoms with van der Waals surface area (Å²) in [4.78, 5) is 62.1. The summed E-state index contributed by atoms with van der Waals surface area (Å²) in [6.07, 6.45) is 1.42. The van der Waals surface area contributed by atoms with Crippen molar-refractivity contribution in [3.63, 3.8) is 0 Å². The molecule has 168 valence electrons. The van der Waals surface area contributed by atoms with Crippen LogP contribution in [0.2, 0.25) is 0 Å². The van der Waals surface area contributed by atoms with E-state index in [1.165, 1.54) is 17.0 Å². The van der Waals surface area contributed by atoms with E-state index in [-0.39, 0.29) is 48.4 Å². The fraction of sp³-hybridized carbons (Fsp3) is 0.292. The van der Waals surface area contributed by atoms with Crippen LogP contribution in [0.1, 0.15) is 67.0 Å². The van der Waals surface area contributed by atoms with E-state index in [9.17, 15) is 24.0 Å². The summed E-state index contributed by atoms with van der Waals surface area (Å²) >= 11 is 0. The lowest BCUT2D eigenvalue weighted by Gasteiger charge is -2.29. The molecule has 2 heterocycles. The van der Waals surface area contributed by atoms with E-state index in [2.05, 4.69) is 10.6 Å². The maximum absolute atomic E-state index is 15.2. The predicted molar refractivity (Wildman–Crippen MR) is 113 cm³/mol. The molecule has 0 bridgehead atoms. The Labute approximate surface area is 188 Å². The number of ketones is 1. The number of piperidine rings is 1. The summed E-state index contributed by atoms with van der Waals surface area (Å²) in [5.41, 5.74) is 2.34. The van der Waals surface area contributed by atoms with Gasteiger partial charge in [0.1, 0.15) is 11.9 Å². The molecule has 1 saturated heterocycles. The van der Waals surface area contributed by atoms with Crippen molar-refractivity contribution in [2.45, 2.75) is 44.8 Å². The van der Waals surface area contributed by atoms with Crippen LogP contribution in [0.4, 0.5) is 4.39 Å². The van der Waals surface area contributed by atoms with Crippen LogP contribution in [0.3, 0.4) is 0 Å². The van der Waals surface area contributed by atoms with E-state index >= 15 is 4.39 Å². The molecular formula is C24H20FN3O5. The lowest BCUT2D eigenvalue weighted by Crippen LogP contribution is -2.52. The maximum Gasteiger partial charge on any atom is 0.255 e. The Kier molecular flexibility index (Phi) is 5.03. The number of amides is 4. The fourth-order valence-corrected chi connectivity index (χ4v) is 4.65. The highest BCUT2D eigenvalue weighted by molar-refractivity contribution is 6.05. The minimum Gasteiger partial charge on any atom is -0.348 e. The molecule has 2 N–H and O–H groups in total. The second-order valence-corrected chi connectivity index (χ2v) is 8.44. The van der Waals surface area contributed by atoms with Gasteiger partial charge in [0.25, 0.3) is 11.8 Å². The molecule has 2 aromatic carbocycles. The van der Waals surface area contributed by atoms with Crippen molar-refractivity contribution in [3.8, 4) is 0 Å². The molecule has 4 amide bonds. The highest BCUT2D eigenvalue weighted by atomic mass is 19.1. The van der Waals surface area contributed by atoms with Crippen LogP contribution < -0.4 is 10.6 Å². The van der Waals surface area contributed by atoms with Gasteiger partial charge in [0.2, 0.25) is 11.8 Å². The Morgan fingerprint density at radius 2 is 1.88 bits per heavy atom. The van der Waals surface area contributed by atoms with Crippen molar-refractivity contribution < 1.29 is 28.4 Å². The molecular weight excluding hydrogens is 429 g/mol. The zero-order chi connectivity index (χ0) is 23.3. The van der Waals surface area contributed by atoms with Gasteiger partial charge >= 0.3 is 0 Å². The van der Waals surface area contributed by atoms with Crippen LogP contribution in [0, 0.1) is 5.82 Å². The second kappa shape index (κ2) is 7.91. The third-order valence-electron chi connectivity index (χ3n) is 6.46. The van der Waals surface area contributed by atoms with E-state index in [0.717, 1.165) is 5.56 Å². The summed E-state index contributed by atoms with van der Waals surface area (Å²) in [6, 6.07) is 7.07. The zero-order valence-corrected chi connectivity index (χ0v) is 17.6. The Balaban J connectivity index is 1.30. The van der Waals surface area contributed by atoms with Gasteiger partial charge in [-0.25, -0.2) is 4.39 Å². The monoisotopic (exact) mass is 449 g/mol. The number of Topliss-reactive ketones (excluding diaryl/α,β-unsaturated/α-hetero) is 1. The fourth-order valence-electron chi connectivity index (χ4n) is 4.65. The molecule has 2 aromatic rings. The van der Waals surface area contributed by atoms with Crippen LogP contribution in [-0.4, -0.2) is 40.4 Å². The van der Waals surface area contributed by atoms with Gasteiger partial charge in [-0.2, -0.15) is 0 Å². The molecule has 33 heavy (non-hydrogen) atoms. The lowest BCUT2D eigenvalue weighted by atomic mass is 10.0. The molecule has 1 atom stereocenters. The van der Waals surface area contributed by atoms with Crippen molar-refractivity contribution in [2.24, 2.45) is 0 Å². The zero-order valence-electron chi connectivity index (χ0n) is 17.6. The number of carbonyl (C=O) groups excluding carboxylic acids is 5. The van der Waals surface area contributed by atoms with E-state index in [0.29, 0.717) is 24.0 Å². The van der Waals surface area contributed by atoms with Crippen LogP contribution in [-0.2, 0) is 29.1 Å². The molecule has 2 aliphatic heterocycles. The van der Waals surface area contributed by atoms with E-state index < -0.39 is 35.5 Å². The second-order valence-electron chi connectivity index (χ2n) is 8.44. The van der Waals surface area contributed by atoms with E-state index in [1.54, 1.807) is 18.2 Å². The number of hydrogen-bond acceptors (Lipinski definition) is 5. The molecule has 3 aliphatic rings. The minimum absolute atomic E-state index is 0.00884. The molecule has 8 nitrogen and oxygen atoms in total. The summed E-state index contributed by atoms with van der Waals surface area (Å²) < 4.78 is 15.2. The molecule has 1 aliphatic carbocycles. The van der Waals surface area contributed by atoms with Crippen LogP contribution in [0.15, 0.2) is 30.3 Å². The average Bonchev–Trinajstić information content (AvgIpc) is 3.33. The quantitative estimate of drug-likeness (QED) is 0.690. The van der Waals surface area contributed by atoms with Gasteiger partial charge in [-0.1, -0.05) is 12.1 Å². The largest absolute Gasteiger partial charge is 0.348 e. The van der Waals surface area contributed by atoms with Crippen molar-refractivity contribution >= 4 is 29.4 Å². The number of aryl methyl sites for hydroxylation is 1. The number of fused-ring (bicyclic) bond motifs is 2. The summed E-state index contributed by atoms with van der Waals surface area (Å²) in [5.74, 6) is -2.45. The minimum atomic E-state index is -0.826. The van der Waals surface area contributed by atoms with Crippen molar-refractivity contribution in [2.75, 3.05) is 0 Å². The smallest absolute Gasteiger partial charge is 0.255 e. The number of rotatable bonds is 4. The van der Waals surface area contributed by atoms with Gasteiger partial charge in [0.15, 0.2) is 5.78 Å². The van der Waals surface area contributed by atoms with Gasteiger partial charge in [0.05, 0.1) is 6.54 Å². The highest BCUT2D eigenvalue weighted by Crippen LogP contribution is 2.31. The molecule has 1 fully saturated rings. The van der Waals surface area contributed by atoms with Crippen LogP contribution >= 0.6 is 0 Å². The van der Waals surface area contributed by atoms with E-state index in [1.807, 2.05) is 0 Å². The number of imide groups is 1. The van der Waals surface area contributed by atoms with Crippen LogP contribution in [0.25, 0.3) is 0 Å². The first kappa shape index (κ1) is 21.0. The Hall–Kier alpha value is -3.88. The molecule has 0 radical (unpaired) electrons. The first-order valence-corrected chi connectivity index (χ1v) is 10.7. The molecule has 0 spiro atoms. The van der Waals surface area contributed by atoms with Gasteiger partial charge in [-0.3, -0.25) is 29.3 Å². The lowest BCUT2D eigenvalue weighted by molar-refractivity contribution is -0.136. The third-order valence-corrected chi connectivity index (χ3v) is 6.46. The van der Waals surface area contributed by atoms with E-state index in [4.69, 9.17) is 0 Å². The molecule has 0 saturated carbocycles. The average molecular weight is 449 g/mol. The van der Waals surface area contributed by atoms with Gasteiger partial charge in [0, 0.05) is 47.2 Å². The number of halogens is 1. The Morgan fingerprint density at radius 3 is 2.67 bits per heavy atom. The number of carbonyl (C=O) groups is 5.